The van der Waals surface area contributed by atoms with Crippen LogP contribution in [0.2, 0.25) is 0 Å². The molecule has 0 radical (unpaired) electrons. The Labute approximate surface area is 126 Å². The molecule has 1 aromatic rings. The lowest BCUT2D eigenvalue weighted by atomic mass is 10.1. The van der Waals surface area contributed by atoms with Crippen LogP contribution in [0.1, 0.15) is 28.8 Å². The molecule has 1 saturated heterocycles. The van der Waals surface area contributed by atoms with E-state index in [1.165, 1.54) is 22.7 Å². The zero-order chi connectivity index (χ0) is 15.1. The van der Waals surface area contributed by atoms with Gasteiger partial charge in [0.25, 0.3) is 5.91 Å². The first-order chi connectivity index (χ1) is 9.99. The van der Waals surface area contributed by atoms with E-state index in [4.69, 9.17) is 0 Å². The molecule has 1 heterocycles. The molecule has 0 bridgehead atoms. The number of hydrogen-bond donors (Lipinski definition) is 1. The highest BCUT2D eigenvalue weighted by Crippen LogP contribution is 2.45. The molecule has 1 N–H and O–H groups in total. The van der Waals surface area contributed by atoms with Gasteiger partial charge >= 0.3 is 5.97 Å². The third-order valence-electron chi connectivity index (χ3n) is 4.00. The van der Waals surface area contributed by atoms with Crippen LogP contribution in [-0.2, 0) is 4.79 Å². The Morgan fingerprint density at radius 3 is 2.67 bits per heavy atom. The van der Waals surface area contributed by atoms with Crippen LogP contribution in [-0.4, -0.2) is 39.1 Å². The number of aliphatic carboxylic acids is 1. The number of nitrogens with zero attached hydrogens (tertiary/aromatic N) is 1. The van der Waals surface area contributed by atoms with Gasteiger partial charge in [-0.1, -0.05) is 6.07 Å². The average Bonchev–Trinajstić information content (AvgIpc) is 3.19. The van der Waals surface area contributed by atoms with Crippen LogP contribution in [0.4, 0.5) is 4.39 Å². The second-order valence-corrected chi connectivity index (χ2v) is 6.74. The molecule has 4 nitrogen and oxygen atoms in total. The zero-order valence-corrected chi connectivity index (χ0v) is 12.4. The monoisotopic (exact) mass is 309 g/mol. The maximum absolute atomic E-state index is 13.7. The zero-order valence-electron chi connectivity index (χ0n) is 11.6. The molecule has 2 atom stereocenters. The molecule has 2 fully saturated rings. The third kappa shape index (κ3) is 2.64. The van der Waals surface area contributed by atoms with E-state index < -0.39 is 17.8 Å². The number of carboxylic acids is 1. The summed E-state index contributed by atoms with van der Waals surface area (Å²) in [4.78, 5) is 25.5. The number of hydrogen-bond acceptors (Lipinski definition) is 3. The van der Waals surface area contributed by atoms with Crippen LogP contribution in [0.15, 0.2) is 18.2 Å². The van der Waals surface area contributed by atoms with Gasteiger partial charge in [-0.3, -0.25) is 4.79 Å². The highest BCUT2D eigenvalue weighted by Gasteiger charge is 2.48. The van der Waals surface area contributed by atoms with Crippen LogP contribution in [0, 0.1) is 18.7 Å². The molecule has 3 rings (SSSR count). The quantitative estimate of drug-likeness (QED) is 0.932. The van der Waals surface area contributed by atoms with Crippen LogP contribution >= 0.6 is 11.8 Å². The summed E-state index contributed by atoms with van der Waals surface area (Å²) in [6.07, 6.45) is 2.05. The minimum Gasteiger partial charge on any atom is -0.480 e. The first-order valence-electron chi connectivity index (χ1n) is 6.92. The van der Waals surface area contributed by atoms with Crippen molar-refractivity contribution < 1.29 is 19.1 Å². The van der Waals surface area contributed by atoms with Crippen LogP contribution in [0.5, 0.6) is 0 Å². The predicted octanol–water partition coefficient (Wildman–Crippen LogP) is 2.51. The van der Waals surface area contributed by atoms with Crippen LogP contribution in [0.25, 0.3) is 0 Å². The summed E-state index contributed by atoms with van der Waals surface area (Å²) in [6, 6.07) is 3.49. The highest BCUT2D eigenvalue weighted by molar-refractivity contribution is 8.00. The van der Waals surface area contributed by atoms with Gasteiger partial charge in [0.05, 0.1) is 5.37 Å². The molecule has 1 amide bonds. The molecule has 1 aliphatic heterocycles. The average molecular weight is 309 g/mol. The summed E-state index contributed by atoms with van der Waals surface area (Å²) in [6.45, 7) is 1.63. The number of amides is 1. The normalized spacial score (nSPS) is 25.1. The number of benzene rings is 1. The standard InChI is InChI=1S/C15H16FNO3S/c1-8-2-3-10(6-11(8)16)13(18)17-12(15(19)20)7-21-14(17)9-4-5-9/h2-3,6,9,12,14H,4-5,7H2,1H3,(H,19,20). The molecule has 1 saturated carbocycles. The molecule has 6 heteroatoms. The molecular weight excluding hydrogens is 293 g/mol. The highest BCUT2D eigenvalue weighted by atomic mass is 32.2. The van der Waals surface area contributed by atoms with E-state index >= 15 is 0 Å². The van der Waals surface area contributed by atoms with E-state index in [2.05, 4.69) is 0 Å². The Hall–Kier alpha value is -1.56. The fourth-order valence-electron chi connectivity index (χ4n) is 2.59. The Kier molecular flexibility index (Phi) is 3.65. The van der Waals surface area contributed by atoms with E-state index in [1.54, 1.807) is 19.1 Å². The van der Waals surface area contributed by atoms with Gasteiger partial charge in [-0.2, -0.15) is 0 Å². The lowest BCUT2D eigenvalue weighted by molar-refractivity contribution is -0.141. The number of thioether (sulfide) groups is 1. The van der Waals surface area contributed by atoms with Gasteiger partial charge in [-0.15, -0.1) is 11.8 Å². The Morgan fingerprint density at radius 1 is 1.38 bits per heavy atom. The lowest BCUT2D eigenvalue weighted by Crippen LogP contribution is -2.46. The van der Waals surface area contributed by atoms with Crippen molar-refractivity contribution in [3.8, 4) is 0 Å². The molecule has 1 aromatic carbocycles. The summed E-state index contributed by atoms with van der Waals surface area (Å²) >= 11 is 1.52. The first kappa shape index (κ1) is 14.4. The third-order valence-corrected chi connectivity index (χ3v) is 5.46. The predicted molar refractivity (Wildman–Crippen MR) is 77.7 cm³/mol. The molecule has 2 unspecified atom stereocenters. The van der Waals surface area contributed by atoms with E-state index in [0.717, 1.165) is 12.8 Å². The SMILES string of the molecule is Cc1ccc(C(=O)N2C(C(=O)O)CSC2C2CC2)cc1F. The van der Waals surface area contributed by atoms with Crippen LogP contribution in [0.3, 0.4) is 0 Å². The van der Waals surface area contributed by atoms with Crippen molar-refractivity contribution in [1.29, 1.82) is 0 Å². The molecular formula is C15H16FNO3S. The minimum absolute atomic E-state index is 0.0945. The summed E-state index contributed by atoms with van der Waals surface area (Å²) in [5.41, 5.74) is 0.688. The molecule has 21 heavy (non-hydrogen) atoms. The fourth-order valence-corrected chi connectivity index (χ4v) is 4.22. The summed E-state index contributed by atoms with van der Waals surface area (Å²) in [5, 5.41) is 9.22. The smallest absolute Gasteiger partial charge is 0.327 e. The van der Waals surface area contributed by atoms with Gasteiger partial charge in [0.1, 0.15) is 11.9 Å². The van der Waals surface area contributed by atoms with Gasteiger partial charge in [-0.25, -0.2) is 9.18 Å². The van der Waals surface area contributed by atoms with Crippen LogP contribution < -0.4 is 0 Å². The van der Waals surface area contributed by atoms with Crippen molar-refractivity contribution >= 4 is 23.6 Å². The molecule has 112 valence electrons. The van der Waals surface area contributed by atoms with Gasteiger partial charge < -0.3 is 10.0 Å². The topological polar surface area (TPSA) is 57.6 Å². The van der Waals surface area contributed by atoms with E-state index in [1.807, 2.05) is 0 Å². The number of carboxylic acid groups (broad SMARTS) is 1. The number of carbonyl (C=O) groups excluding carboxylic acids is 1. The molecule has 1 aliphatic carbocycles. The molecule has 0 spiro atoms. The largest absolute Gasteiger partial charge is 0.480 e. The maximum atomic E-state index is 13.7. The van der Waals surface area contributed by atoms with Gasteiger partial charge in [0.15, 0.2) is 0 Å². The number of aryl methyl sites for hydroxylation is 1. The van der Waals surface area contributed by atoms with Crippen molar-refractivity contribution in [3.63, 3.8) is 0 Å². The van der Waals surface area contributed by atoms with E-state index in [9.17, 15) is 19.1 Å². The van der Waals surface area contributed by atoms with Crippen molar-refractivity contribution in [1.82, 2.24) is 4.90 Å². The van der Waals surface area contributed by atoms with Crippen molar-refractivity contribution in [2.24, 2.45) is 5.92 Å². The lowest BCUT2D eigenvalue weighted by Gasteiger charge is -2.27. The second kappa shape index (κ2) is 5.33. The maximum Gasteiger partial charge on any atom is 0.327 e. The number of rotatable bonds is 3. The second-order valence-electron chi connectivity index (χ2n) is 5.59. The van der Waals surface area contributed by atoms with E-state index in [-0.39, 0.29) is 16.8 Å². The Balaban J connectivity index is 1.91. The van der Waals surface area contributed by atoms with Crippen molar-refractivity contribution in [2.75, 3.05) is 5.75 Å². The summed E-state index contributed by atoms with van der Waals surface area (Å²) < 4.78 is 13.7. The van der Waals surface area contributed by atoms with Gasteiger partial charge in [0.2, 0.25) is 0 Å². The van der Waals surface area contributed by atoms with Crippen molar-refractivity contribution in [2.45, 2.75) is 31.2 Å². The Morgan fingerprint density at radius 2 is 2.10 bits per heavy atom. The number of halogens is 1. The Bertz CT molecular complexity index is 603. The van der Waals surface area contributed by atoms with Gasteiger partial charge in [0, 0.05) is 11.3 Å². The van der Waals surface area contributed by atoms with Gasteiger partial charge in [-0.05, 0) is 43.4 Å². The minimum atomic E-state index is -0.994. The van der Waals surface area contributed by atoms with E-state index in [0.29, 0.717) is 17.2 Å². The summed E-state index contributed by atoms with van der Waals surface area (Å²) in [5.74, 6) is -1.05. The van der Waals surface area contributed by atoms with Crippen molar-refractivity contribution in [3.05, 3.63) is 35.1 Å². The molecule has 2 aliphatic rings. The molecule has 0 aromatic heterocycles. The fraction of sp³-hybridized carbons (Fsp3) is 0.467. The summed E-state index contributed by atoms with van der Waals surface area (Å²) in [7, 11) is 0. The number of carbonyl (C=O) groups is 2. The first-order valence-corrected chi connectivity index (χ1v) is 7.97.